The Hall–Kier alpha value is -1.17. The minimum atomic E-state index is -0.745. The number of ether oxygens (including phenoxy) is 1. The molecule has 0 aliphatic heterocycles. The summed E-state index contributed by atoms with van der Waals surface area (Å²) < 4.78 is 4.90. The largest absolute Gasteiger partial charge is 0.481 e. The maximum Gasteiger partial charge on any atom is 0.303 e. The van der Waals surface area contributed by atoms with Crippen LogP contribution in [-0.4, -0.2) is 47.7 Å². The normalized spacial score (nSPS) is 7.69. The van der Waals surface area contributed by atoms with E-state index in [0.717, 1.165) is 0 Å². The van der Waals surface area contributed by atoms with Gasteiger partial charge in [-0.15, -0.1) is 13.2 Å². The van der Waals surface area contributed by atoms with Gasteiger partial charge < -0.3 is 20.1 Å². The first-order valence-corrected chi connectivity index (χ1v) is 4.83. The number of aliphatic carboxylic acids is 1. The van der Waals surface area contributed by atoms with Crippen LogP contribution in [0, 0.1) is 0 Å². The summed E-state index contributed by atoms with van der Waals surface area (Å²) in [6, 6.07) is 0. The van der Waals surface area contributed by atoms with Gasteiger partial charge in [0.15, 0.2) is 0 Å². The first-order valence-electron chi connectivity index (χ1n) is 4.83. The van der Waals surface area contributed by atoms with Gasteiger partial charge in [0.25, 0.3) is 0 Å². The van der Waals surface area contributed by atoms with Crippen LogP contribution >= 0.6 is 0 Å². The first-order chi connectivity index (χ1) is 7.60. The van der Waals surface area contributed by atoms with Gasteiger partial charge in [0.05, 0.1) is 26.4 Å². The van der Waals surface area contributed by atoms with E-state index in [2.05, 4.69) is 13.2 Å². The molecule has 0 aromatic rings. The van der Waals surface area contributed by atoms with E-state index in [0.29, 0.717) is 13.2 Å². The fourth-order valence-corrected chi connectivity index (χ4v) is 0.235. The van der Waals surface area contributed by atoms with Crippen molar-refractivity contribution in [1.82, 2.24) is 0 Å². The lowest BCUT2D eigenvalue weighted by atomic mass is 10.5. The third-order valence-electron chi connectivity index (χ3n) is 0.874. The van der Waals surface area contributed by atoms with E-state index in [9.17, 15) is 4.79 Å². The molecule has 0 aliphatic rings. The third-order valence-corrected chi connectivity index (χ3v) is 0.874. The predicted octanol–water partition coefficient (Wildman–Crippen LogP) is 0.827. The summed E-state index contributed by atoms with van der Waals surface area (Å²) in [4.78, 5) is 9.37. The first kappa shape index (κ1) is 20.3. The molecule has 0 spiro atoms. The van der Waals surface area contributed by atoms with E-state index in [1.165, 1.54) is 0 Å². The van der Waals surface area contributed by atoms with Gasteiger partial charge in [-0.1, -0.05) is 19.1 Å². The van der Waals surface area contributed by atoms with E-state index >= 15 is 0 Å². The molecule has 0 saturated heterocycles. The van der Waals surface area contributed by atoms with Crippen LogP contribution < -0.4 is 0 Å². The second-order valence-electron chi connectivity index (χ2n) is 2.31. The van der Waals surface area contributed by atoms with Crippen LogP contribution in [0.25, 0.3) is 0 Å². The van der Waals surface area contributed by atoms with Crippen molar-refractivity contribution >= 4 is 5.97 Å². The smallest absolute Gasteiger partial charge is 0.303 e. The molecular formula is C11H22O5. The minimum absolute atomic E-state index is 0.125. The Morgan fingerprint density at radius 3 is 1.62 bits per heavy atom. The van der Waals surface area contributed by atoms with Gasteiger partial charge in [-0.25, -0.2) is 0 Å². The van der Waals surface area contributed by atoms with Gasteiger partial charge in [-0.3, -0.25) is 4.79 Å². The second kappa shape index (κ2) is 23.6. The zero-order valence-electron chi connectivity index (χ0n) is 9.76. The van der Waals surface area contributed by atoms with E-state index < -0.39 is 5.97 Å². The van der Waals surface area contributed by atoms with E-state index in [-0.39, 0.29) is 19.6 Å². The Balaban J connectivity index is -0.000000166. The molecule has 16 heavy (non-hydrogen) atoms. The average Bonchev–Trinajstić information content (AvgIpc) is 2.31. The Kier molecular flexibility index (Phi) is 29.8. The molecule has 5 heteroatoms. The molecule has 0 aromatic heterocycles. The molecular weight excluding hydrogens is 212 g/mol. The van der Waals surface area contributed by atoms with Gasteiger partial charge in [0, 0.05) is 6.42 Å². The second-order valence-corrected chi connectivity index (χ2v) is 2.31. The number of aliphatic hydroxyl groups is 2. The number of hydrogen-bond acceptors (Lipinski definition) is 4. The van der Waals surface area contributed by atoms with E-state index in [1.54, 1.807) is 19.1 Å². The fourth-order valence-electron chi connectivity index (χ4n) is 0.235. The number of carboxylic acid groups (broad SMARTS) is 1. The van der Waals surface area contributed by atoms with Crippen molar-refractivity contribution in [2.75, 3.05) is 26.4 Å². The zero-order valence-corrected chi connectivity index (χ0v) is 9.76. The van der Waals surface area contributed by atoms with Gasteiger partial charge in [0.1, 0.15) is 0 Å². The van der Waals surface area contributed by atoms with Crippen LogP contribution in [0.5, 0.6) is 0 Å². The zero-order chi connectivity index (χ0) is 13.2. The molecule has 0 amide bonds. The molecule has 3 N–H and O–H groups in total. The lowest BCUT2D eigenvalue weighted by molar-refractivity contribution is -0.136. The molecule has 0 aromatic carbocycles. The van der Waals surface area contributed by atoms with Gasteiger partial charge >= 0.3 is 5.97 Å². The van der Waals surface area contributed by atoms with Crippen molar-refractivity contribution < 1.29 is 24.9 Å². The summed E-state index contributed by atoms with van der Waals surface area (Å²) in [5.41, 5.74) is 0. The number of carboxylic acids is 1. The Morgan fingerprint density at radius 2 is 1.50 bits per heavy atom. The highest BCUT2D eigenvalue weighted by atomic mass is 16.5. The highest BCUT2D eigenvalue weighted by molar-refractivity contribution is 5.66. The van der Waals surface area contributed by atoms with Gasteiger partial charge in [-0.05, 0) is 0 Å². The van der Waals surface area contributed by atoms with Crippen LogP contribution in [0.4, 0.5) is 0 Å². The van der Waals surface area contributed by atoms with Crippen molar-refractivity contribution in [2.45, 2.75) is 13.3 Å². The van der Waals surface area contributed by atoms with Crippen molar-refractivity contribution in [3.8, 4) is 0 Å². The standard InChI is InChI=1S/C6H10O.C3H6O2.C2H6O2/c1-3-5-7-6-4-2;1-2-3(4)5;3-1-2-4/h3-4H,1-2,5-6H2;2H2,1H3,(H,4,5);3-4H,1-2H2. The average molecular weight is 234 g/mol. The van der Waals surface area contributed by atoms with Crippen LogP contribution in [0.2, 0.25) is 0 Å². The quantitative estimate of drug-likeness (QED) is 0.468. The van der Waals surface area contributed by atoms with Gasteiger partial charge in [-0.2, -0.15) is 0 Å². The Labute approximate surface area is 96.7 Å². The molecule has 0 aliphatic carbocycles. The maximum atomic E-state index is 9.37. The van der Waals surface area contributed by atoms with Crippen molar-refractivity contribution in [3.05, 3.63) is 25.3 Å². The summed E-state index contributed by atoms with van der Waals surface area (Å²) in [6.45, 7) is 9.53. The minimum Gasteiger partial charge on any atom is -0.481 e. The molecule has 0 rings (SSSR count). The highest BCUT2D eigenvalue weighted by Gasteiger charge is 1.80. The maximum absolute atomic E-state index is 9.37. The van der Waals surface area contributed by atoms with Crippen LogP contribution in [0.3, 0.4) is 0 Å². The molecule has 0 unspecified atom stereocenters. The topological polar surface area (TPSA) is 87.0 Å². The van der Waals surface area contributed by atoms with Crippen molar-refractivity contribution in [3.63, 3.8) is 0 Å². The summed E-state index contributed by atoms with van der Waals surface area (Å²) in [5.74, 6) is -0.745. The monoisotopic (exact) mass is 234 g/mol. The Bertz CT molecular complexity index is 146. The van der Waals surface area contributed by atoms with Crippen molar-refractivity contribution in [1.29, 1.82) is 0 Å². The number of aliphatic hydroxyl groups excluding tert-OH is 2. The molecule has 0 atom stereocenters. The number of carbonyl (C=O) groups is 1. The van der Waals surface area contributed by atoms with Crippen LogP contribution in [0.1, 0.15) is 13.3 Å². The van der Waals surface area contributed by atoms with Gasteiger partial charge in [0.2, 0.25) is 0 Å². The number of rotatable bonds is 6. The molecule has 0 fully saturated rings. The SMILES string of the molecule is C=CCOCC=C.CCC(=O)O.OCCO. The van der Waals surface area contributed by atoms with E-state index in [1.807, 2.05) is 0 Å². The lowest BCUT2D eigenvalue weighted by Gasteiger charge is -1.89. The van der Waals surface area contributed by atoms with Crippen LogP contribution in [0.15, 0.2) is 25.3 Å². The Morgan fingerprint density at radius 1 is 1.19 bits per heavy atom. The molecule has 0 saturated carbocycles. The summed E-state index contributed by atoms with van der Waals surface area (Å²) in [7, 11) is 0. The molecule has 0 radical (unpaired) electrons. The summed E-state index contributed by atoms with van der Waals surface area (Å²) in [5, 5.41) is 23.0. The van der Waals surface area contributed by atoms with E-state index in [4.69, 9.17) is 20.1 Å². The number of hydrogen-bond donors (Lipinski definition) is 3. The fraction of sp³-hybridized carbons (Fsp3) is 0.545. The van der Waals surface area contributed by atoms with Crippen molar-refractivity contribution in [2.24, 2.45) is 0 Å². The predicted molar refractivity (Wildman–Crippen MR) is 63.3 cm³/mol. The molecule has 0 heterocycles. The molecule has 5 nitrogen and oxygen atoms in total. The lowest BCUT2D eigenvalue weighted by Crippen LogP contribution is -1.87. The summed E-state index contributed by atoms with van der Waals surface area (Å²) >= 11 is 0. The third kappa shape index (κ3) is 52.8. The highest BCUT2D eigenvalue weighted by Crippen LogP contribution is 1.72. The van der Waals surface area contributed by atoms with Crippen LogP contribution in [-0.2, 0) is 9.53 Å². The molecule has 96 valence electrons. The molecule has 0 bridgehead atoms. The summed E-state index contributed by atoms with van der Waals surface area (Å²) in [6.07, 6.45) is 3.65.